The van der Waals surface area contributed by atoms with Gasteiger partial charge < -0.3 is 15.5 Å². The maximum absolute atomic E-state index is 9.55. The van der Waals surface area contributed by atoms with Crippen molar-refractivity contribution < 1.29 is 19.8 Å². The summed E-state index contributed by atoms with van der Waals surface area (Å²) in [5.41, 5.74) is 10.5. The van der Waals surface area contributed by atoms with Crippen LogP contribution in [0, 0.1) is 6.92 Å². The van der Waals surface area contributed by atoms with Gasteiger partial charge >= 0.3 is 11.9 Å². The molecule has 2 aliphatic heterocycles. The van der Waals surface area contributed by atoms with E-state index in [4.69, 9.17) is 21.8 Å². The van der Waals surface area contributed by atoms with Crippen molar-refractivity contribution in [1.29, 1.82) is 0 Å². The Balaban J connectivity index is 0.000000368. The van der Waals surface area contributed by atoms with Gasteiger partial charge in [0.05, 0.1) is 0 Å². The number of rotatable bonds is 4. The standard InChI is InChI=1S/C26H26ClN3.C4H4O4/c1-18-14-19(16-28-15-18)17-30-12-10-20(11-13-30)26-22-4-2-3-5-24(22)29-25-9-7-21(27)6-8-23(25)26;5-3(6)1-2-4(7)8/h2-8,14-16,29H,9-13,17H2,1H3;1-2H,(H,5,6)(H,7,8)/b;2-1+. The number of hydrogen-bond donors (Lipinski definition) is 3. The number of anilines is 1. The summed E-state index contributed by atoms with van der Waals surface area (Å²) in [4.78, 5) is 26.0. The summed E-state index contributed by atoms with van der Waals surface area (Å²) >= 11 is 6.33. The molecule has 8 heteroatoms. The Labute approximate surface area is 227 Å². The molecule has 1 aromatic heterocycles. The summed E-state index contributed by atoms with van der Waals surface area (Å²) in [6.45, 7) is 5.24. The predicted octanol–water partition coefficient (Wildman–Crippen LogP) is 5.91. The number of benzene rings is 1. The molecule has 0 amide bonds. The van der Waals surface area contributed by atoms with Crippen LogP contribution >= 0.6 is 11.6 Å². The zero-order chi connectivity index (χ0) is 27.1. The van der Waals surface area contributed by atoms with E-state index in [9.17, 15) is 9.59 Å². The van der Waals surface area contributed by atoms with Crippen LogP contribution in [0.2, 0.25) is 0 Å². The molecule has 196 valence electrons. The number of para-hydroxylation sites is 1. The number of allylic oxidation sites excluding steroid dienone is 6. The molecule has 1 aliphatic carbocycles. The van der Waals surface area contributed by atoms with Crippen LogP contribution in [0.15, 0.2) is 95.0 Å². The third kappa shape index (κ3) is 7.09. The Morgan fingerprint density at radius 2 is 1.79 bits per heavy atom. The first-order valence-corrected chi connectivity index (χ1v) is 12.8. The number of aliphatic carboxylic acids is 2. The molecule has 38 heavy (non-hydrogen) atoms. The summed E-state index contributed by atoms with van der Waals surface area (Å²) in [7, 11) is 0. The van der Waals surface area contributed by atoms with Crippen LogP contribution in [0.4, 0.5) is 5.69 Å². The smallest absolute Gasteiger partial charge is 0.328 e. The highest BCUT2D eigenvalue weighted by Gasteiger charge is 2.26. The van der Waals surface area contributed by atoms with E-state index < -0.39 is 11.9 Å². The van der Waals surface area contributed by atoms with Crippen molar-refractivity contribution in [2.24, 2.45) is 0 Å². The van der Waals surface area contributed by atoms with E-state index in [0.29, 0.717) is 12.2 Å². The molecule has 3 aliphatic rings. The Hall–Kier alpha value is -3.94. The fourth-order valence-electron chi connectivity index (χ4n) is 4.83. The van der Waals surface area contributed by atoms with Crippen LogP contribution < -0.4 is 5.32 Å². The number of piperidine rings is 1. The maximum atomic E-state index is 9.55. The topological polar surface area (TPSA) is 103 Å². The highest BCUT2D eigenvalue weighted by atomic mass is 35.5. The van der Waals surface area contributed by atoms with Crippen LogP contribution in [-0.2, 0) is 16.1 Å². The van der Waals surface area contributed by atoms with Gasteiger partial charge in [-0.2, -0.15) is 0 Å². The van der Waals surface area contributed by atoms with E-state index in [2.05, 4.69) is 64.6 Å². The largest absolute Gasteiger partial charge is 0.478 e. The minimum atomic E-state index is -1.26. The molecule has 0 bridgehead atoms. The Morgan fingerprint density at radius 3 is 2.47 bits per heavy atom. The van der Waals surface area contributed by atoms with Gasteiger partial charge in [-0.1, -0.05) is 53.6 Å². The molecule has 3 N–H and O–H groups in total. The zero-order valence-corrected chi connectivity index (χ0v) is 21.9. The number of aromatic nitrogens is 1. The SMILES string of the molecule is Cc1cncc(CN2CCC(=C3C4=C(CC=C(Cl)C=C4)Nc4ccccc43)CC2)c1.O=C(O)/C=C/C(=O)O. The summed E-state index contributed by atoms with van der Waals surface area (Å²) < 4.78 is 0. The number of carboxylic acid groups (broad SMARTS) is 2. The van der Waals surface area contributed by atoms with Crippen LogP contribution in [0.5, 0.6) is 0 Å². The van der Waals surface area contributed by atoms with E-state index in [-0.39, 0.29) is 0 Å². The molecule has 5 rings (SSSR count). The van der Waals surface area contributed by atoms with E-state index >= 15 is 0 Å². The second-order valence-corrected chi connectivity index (χ2v) is 9.76. The first kappa shape index (κ1) is 27.1. The first-order valence-electron chi connectivity index (χ1n) is 12.4. The number of aryl methyl sites for hydroxylation is 1. The van der Waals surface area contributed by atoms with Crippen molar-refractivity contribution in [2.45, 2.75) is 32.7 Å². The highest BCUT2D eigenvalue weighted by Crippen LogP contribution is 2.43. The van der Waals surface area contributed by atoms with Gasteiger partial charge in [0.2, 0.25) is 0 Å². The second kappa shape index (κ2) is 12.5. The van der Waals surface area contributed by atoms with Gasteiger partial charge in [0, 0.05) is 78.2 Å². The molecule has 1 saturated heterocycles. The molecule has 1 fully saturated rings. The number of nitrogens with zero attached hydrogens (tertiary/aromatic N) is 2. The quantitative estimate of drug-likeness (QED) is 0.421. The predicted molar refractivity (Wildman–Crippen MR) is 150 cm³/mol. The van der Waals surface area contributed by atoms with Crippen LogP contribution in [0.3, 0.4) is 0 Å². The van der Waals surface area contributed by atoms with Crippen molar-refractivity contribution in [3.8, 4) is 0 Å². The number of fused-ring (bicyclic) bond motifs is 1. The van der Waals surface area contributed by atoms with E-state index in [0.717, 1.165) is 43.9 Å². The fraction of sp³-hybridized carbons (Fsp3) is 0.233. The maximum Gasteiger partial charge on any atom is 0.328 e. The molecule has 0 spiro atoms. The molecule has 0 radical (unpaired) electrons. The minimum absolute atomic E-state index is 0.558. The second-order valence-electron chi connectivity index (χ2n) is 9.32. The Kier molecular flexibility index (Phi) is 8.94. The van der Waals surface area contributed by atoms with E-state index in [1.54, 1.807) is 5.57 Å². The van der Waals surface area contributed by atoms with Gasteiger partial charge in [0.25, 0.3) is 0 Å². The monoisotopic (exact) mass is 531 g/mol. The fourth-order valence-corrected chi connectivity index (χ4v) is 4.97. The average Bonchev–Trinajstić information content (AvgIpc) is 3.08. The number of pyridine rings is 1. The number of carboxylic acids is 2. The van der Waals surface area contributed by atoms with Crippen LogP contribution in [0.1, 0.15) is 36.0 Å². The third-order valence-corrected chi connectivity index (χ3v) is 6.79. The van der Waals surface area contributed by atoms with Crippen molar-refractivity contribution in [2.75, 3.05) is 18.4 Å². The molecule has 1 aromatic carbocycles. The molecular formula is C30H30ClN3O4. The highest BCUT2D eigenvalue weighted by molar-refractivity contribution is 6.31. The minimum Gasteiger partial charge on any atom is -0.478 e. The molecule has 2 aromatic rings. The Bertz CT molecular complexity index is 1360. The summed E-state index contributed by atoms with van der Waals surface area (Å²) in [6, 6.07) is 10.9. The van der Waals surface area contributed by atoms with Gasteiger partial charge in [-0.25, -0.2) is 9.59 Å². The number of hydrogen-bond acceptors (Lipinski definition) is 5. The lowest BCUT2D eigenvalue weighted by atomic mass is 9.84. The zero-order valence-electron chi connectivity index (χ0n) is 21.2. The van der Waals surface area contributed by atoms with Crippen molar-refractivity contribution >= 4 is 34.8 Å². The molecule has 7 nitrogen and oxygen atoms in total. The van der Waals surface area contributed by atoms with Crippen LogP contribution in [-0.4, -0.2) is 45.1 Å². The van der Waals surface area contributed by atoms with E-state index in [1.807, 2.05) is 18.5 Å². The van der Waals surface area contributed by atoms with E-state index in [1.165, 1.54) is 39.2 Å². The normalized spacial score (nSPS) is 17.1. The van der Waals surface area contributed by atoms with Crippen molar-refractivity contribution in [1.82, 2.24) is 9.88 Å². The Morgan fingerprint density at radius 1 is 1.08 bits per heavy atom. The molecule has 0 atom stereocenters. The number of nitrogens with one attached hydrogen (secondary N) is 1. The molecular weight excluding hydrogens is 502 g/mol. The van der Waals surface area contributed by atoms with Gasteiger partial charge in [-0.15, -0.1) is 0 Å². The van der Waals surface area contributed by atoms with Crippen molar-refractivity contribution in [3.05, 3.63) is 112 Å². The van der Waals surface area contributed by atoms with Gasteiger partial charge in [-0.05, 0) is 48.6 Å². The van der Waals surface area contributed by atoms with Gasteiger partial charge in [0.1, 0.15) is 0 Å². The van der Waals surface area contributed by atoms with Gasteiger partial charge in [-0.3, -0.25) is 9.88 Å². The lowest BCUT2D eigenvalue weighted by Gasteiger charge is -2.33. The molecule has 0 saturated carbocycles. The lowest BCUT2D eigenvalue weighted by molar-refractivity contribution is -0.134. The van der Waals surface area contributed by atoms with Crippen LogP contribution in [0.25, 0.3) is 5.57 Å². The summed E-state index contributed by atoms with van der Waals surface area (Å²) in [5.74, 6) is -2.51. The molecule has 3 heterocycles. The number of halogens is 1. The van der Waals surface area contributed by atoms with Gasteiger partial charge in [0.15, 0.2) is 0 Å². The number of carbonyl (C=O) groups is 2. The first-order chi connectivity index (χ1) is 18.3. The third-order valence-electron chi connectivity index (χ3n) is 6.51. The summed E-state index contributed by atoms with van der Waals surface area (Å²) in [5, 5.41) is 20.1. The molecule has 0 unspecified atom stereocenters. The van der Waals surface area contributed by atoms with Crippen molar-refractivity contribution in [3.63, 3.8) is 0 Å². The lowest BCUT2D eigenvalue weighted by Crippen LogP contribution is -2.31. The summed E-state index contributed by atoms with van der Waals surface area (Å²) in [6.07, 6.45) is 14.4. The number of likely N-dealkylation sites (tertiary alicyclic amines) is 1. The average molecular weight is 532 g/mol.